The van der Waals surface area contributed by atoms with Gasteiger partial charge in [0.2, 0.25) is 10.0 Å². The Morgan fingerprint density at radius 1 is 1.02 bits per heavy atom. The van der Waals surface area contributed by atoms with E-state index in [0.717, 1.165) is 43.0 Å². The number of ether oxygens (including phenoxy) is 1. The maximum Gasteiger partial charge on any atom is 0.433 e. The maximum absolute atomic E-state index is 13.6. The summed E-state index contributed by atoms with van der Waals surface area (Å²) in [6.45, 7) is 8.73. The van der Waals surface area contributed by atoms with Crippen molar-refractivity contribution in [3.05, 3.63) is 53.4 Å². The summed E-state index contributed by atoms with van der Waals surface area (Å²) in [6, 6.07) is 6.94. The molecule has 0 spiro atoms. The zero-order valence-corrected chi connectivity index (χ0v) is 25.7. The molecule has 1 amide bonds. The summed E-state index contributed by atoms with van der Waals surface area (Å²) in [5.74, 6) is 0.160. The fraction of sp³-hybridized carbons (Fsp3) is 0.483. The molecular formula is C29H35F3N4O4S2. The van der Waals surface area contributed by atoms with Gasteiger partial charge in [0, 0.05) is 35.5 Å². The Kier molecular flexibility index (Phi) is 9.34. The number of pyridine rings is 1. The molecule has 0 aliphatic heterocycles. The van der Waals surface area contributed by atoms with Gasteiger partial charge in [-0.25, -0.2) is 22.9 Å². The number of nitrogens with one attached hydrogen (secondary N) is 2. The number of sulfonamides is 1. The van der Waals surface area contributed by atoms with Crippen LogP contribution in [0.3, 0.4) is 0 Å². The summed E-state index contributed by atoms with van der Waals surface area (Å²) in [7, 11) is -4.07. The van der Waals surface area contributed by atoms with Crippen LogP contribution in [0.5, 0.6) is 0 Å². The van der Waals surface area contributed by atoms with E-state index in [0.29, 0.717) is 16.0 Å². The zero-order valence-electron chi connectivity index (χ0n) is 24.1. The molecule has 0 radical (unpaired) electrons. The minimum atomic E-state index is -4.63. The molecule has 1 aromatic carbocycles. The van der Waals surface area contributed by atoms with E-state index in [-0.39, 0.29) is 28.5 Å². The van der Waals surface area contributed by atoms with Crippen LogP contribution in [0, 0.1) is 0 Å². The molecule has 8 nitrogen and oxygen atoms in total. The van der Waals surface area contributed by atoms with Gasteiger partial charge in [-0.15, -0.1) is 11.3 Å². The third-order valence-electron chi connectivity index (χ3n) is 6.63. The van der Waals surface area contributed by atoms with E-state index >= 15 is 0 Å². The van der Waals surface area contributed by atoms with Crippen LogP contribution in [0.15, 0.2) is 47.6 Å². The Morgan fingerprint density at radius 2 is 1.69 bits per heavy atom. The first-order valence-electron chi connectivity index (χ1n) is 13.7. The average Bonchev–Trinajstić information content (AvgIpc) is 3.37. The van der Waals surface area contributed by atoms with Crippen LogP contribution in [-0.4, -0.2) is 42.2 Å². The van der Waals surface area contributed by atoms with Crippen LogP contribution in [0.25, 0.3) is 21.6 Å². The van der Waals surface area contributed by atoms with Crippen molar-refractivity contribution >= 4 is 27.5 Å². The van der Waals surface area contributed by atoms with Crippen LogP contribution >= 0.6 is 11.3 Å². The summed E-state index contributed by atoms with van der Waals surface area (Å²) in [4.78, 5) is 20.6. The SMILES string of the molecule is CC(C)OC(=O)NC1CCC(c2ncc(-c3ccc(-c4ccnc(C(F)(F)F)c4)cc3S(=O)(=O)NC(C)(C)C)s2)CC1. The normalized spacial score (nSPS) is 18.2. The second-order valence-corrected chi connectivity index (χ2v) is 14.4. The minimum Gasteiger partial charge on any atom is -0.447 e. The summed E-state index contributed by atoms with van der Waals surface area (Å²) < 4.78 is 74.9. The first kappa shape index (κ1) is 31.9. The van der Waals surface area contributed by atoms with Gasteiger partial charge in [0.05, 0.1) is 20.9 Å². The number of halogens is 3. The van der Waals surface area contributed by atoms with Crippen LogP contribution < -0.4 is 10.0 Å². The lowest BCUT2D eigenvalue weighted by Crippen LogP contribution is -2.40. The number of carbonyl (C=O) groups is 1. The third-order valence-corrected chi connectivity index (χ3v) is 9.62. The van der Waals surface area contributed by atoms with Gasteiger partial charge in [0.25, 0.3) is 0 Å². The van der Waals surface area contributed by atoms with Crippen LogP contribution in [-0.2, 0) is 20.9 Å². The van der Waals surface area contributed by atoms with Crippen molar-refractivity contribution < 1.29 is 31.1 Å². The Labute approximate surface area is 248 Å². The van der Waals surface area contributed by atoms with Gasteiger partial charge in [-0.05, 0) is 89.6 Å². The van der Waals surface area contributed by atoms with E-state index in [1.54, 1.807) is 52.9 Å². The summed E-state index contributed by atoms with van der Waals surface area (Å²) >= 11 is 1.40. The lowest BCUT2D eigenvalue weighted by Gasteiger charge is -2.28. The molecule has 0 saturated heterocycles. The first-order chi connectivity index (χ1) is 19.5. The molecule has 228 valence electrons. The maximum atomic E-state index is 13.6. The first-order valence-corrected chi connectivity index (χ1v) is 16.0. The Hall–Kier alpha value is -3.03. The predicted molar refractivity (Wildman–Crippen MR) is 156 cm³/mol. The van der Waals surface area contributed by atoms with Crippen molar-refractivity contribution in [2.24, 2.45) is 0 Å². The molecule has 42 heavy (non-hydrogen) atoms. The van der Waals surface area contributed by atoms with Crippen LogP contribution in [0.4, 0.5) is 18.0 Å². The fourth-order valence-corrected chi connectivity index (χ4v) is 7.71. The van der Waals surface area contributed by atoms with Gasteiger partial charge < -0.3 is 10.1 Å². The molecule has 0 bridgehead atoms. The van der Waals surface area contributed by atoms with Crippen molar-refractivity contribution in [1.29, 1.82) is 0 Å². The number of benzene rings is 1. The number of rotatable bonds is 7. The van der Waals surface area contributed by atoms with E-state index in [9.17, 15) is 26.4 Å². The molecule has 2 aromatic heterocycles. The highest BCUT2D eigenvalue weighted by Crippen LogP contribution is 2.41. The summed E-state index contributed by atoms with van der Waals surface area (Å²) in [6.07, 6.45) is 0.586. The van der Waals surface area contributed by atoms with Gasteiger partial charge >= 0.3 is 12.3 Å². The molecule has 13 heteroatoms. The van der Waals surface area contributed by atoms with Crippen LogP contribution in [0.1, 0.15) is 76.9 Å². The molecule has 1 saturated carbocycles. The molecule has 2 heterocycles. The molecule has 0 unspecified atom stereocenters. The number of alkyl carbamates (subject to hydrolysis) is 1. The van der Waals surface area contributed by atoms with Gasteiger partial charge in [0.1, 0.15) is 5.69 Å². The van der Waals surface area contributed by atoms with E-state index in [1.165, 1.54) is 23.5 Å². The standard InChI is InChI=1S/C29H35F3N4O4S2/c1-17(2)40-27(37)35-21-9-6-18(7-10-21)26-34-16-23(41-26)22-11-8-19(14-24(22)42(38,39)36-28(3,4)5)20-12-13-33-25(15-20)29(30,31)32/h8,11-18,21,36H,6-7,9-10H2,1-5H3,(H,35,37). The third kappa shape index (κ3) is 8.07. The Morgan fingerprint density at radius 3 is 2.31 bits per heavy atom. The molecule has 1 aliphatic rings. The molecule has 0 atom stereocenters. The van der Waals surface area contributed by atoms with Gasteiger partial charge in [-0.3, -0.25) is 4.98 Å². The smallest absolute Gasteiger partial charge is 0.433 e. The van der Waals surface area contributed by atoms with Crippen molar-refractivity contribution in [3.8, 4) is 21.6 Å². The second-order valence-electron chi connectivity index (χ2n) is 11.7. The highest BCUT2D eigenvalue weighted by atomic mass is 32.2. The quantitative estimate of drug-likeness (QED) is 0.290. The van der Waals surface area contributed by atoms with E-state index in [2.05, 4.69) is 20.0 Å². The van der Waals surface area contributed by atoms with Crippen molar-refractivity contribution in [3.63, 3.8) is 0 Å². The molecule has 2 N–H and O–H groups in total. The Bertz CT molecular complexity index is 1520. The molecule has 1 fully saturated rings. The largest absolute Gasteiger partial charge is 0.447 e. The number of amides is 1. The van der Waals surface area contributed by atoms with Gasteiger partial charge in [-0.1, -0.05) is 12.1 Å². The van der Waals surface area contributed by atoms with E-state index < -0.39 is 33.5 Å². The fourth-order valence-electron chi connectivity index (χ4n) is 4.85. The van der Waals surface area contributed by atoms with Crippen LogP contribution in [0.2, 0.25) is 0 Å². The topological polar surface area (TPSA) is 110 Å². The number of aromatic nitrogens is 2. The van der Waals surface area contributed by atoms with E-state index in [1.807, 2.05) is 0 Å². The lowest BCUT2D eigenvalue weighted by atomic mass is 9.86. The molecule has 1 aliphatic carbocycles. The van der Waals surface area contributed by atoms with E-state index in [4.69, 9.17) is 4.74 Å². The predicted octanol–water partition coefficient (Wildman–Crippen LogP) is 7.13. The number of hydrogen-bond acceptors (Lipinski definition) is 7. The zero-order chi connectivity index (χ0) is 30.9. The molecular weight excluding hydrogens is 589 g/mol. The second kappa shape index (κ2) is 12.3. The minimum absolute atomic E-state index is 0.0192. The summed E-state index contributed by atoms with van der Waals surface area (Å²) in [5.41, 5.74) is -0.929. The monoisotopic (exact) mass is 624 g/mol. The van der Waals surface area contributed by atoms with Gasteiger partial charge in [0.15, 0.2) is 0 Å². The number of hydrogen-bond donors (Lipinski definition) is 2. The molecule has 4 rings (SSSR count). The van der Waals surface area contributed by atoms with Crippen molar-refractivity contribution in [2.45, 2.75) is 95.0 Å². The molecule has 3 aromatic rings. The summed E-state index contributed by atoms with van der Waals surface area (Å²) in [5, 5.41) is 3.78. The number of thiazole rings is 1. The highest BCUT2D eigenvalue weighted by Gasteiger charge is 2.33. The van der Waals surface area contributed by atoms with Crippen molar-refractivity contribution in [2.75, 3.05) is 0 Å². The number of alkyl halides is 3. The lowest BCUT2D eigenvalue weighted by molar-refractivity contribution is -0.141. The Balaban J connectivity index is 1.63. The highest BCUT2D eigenvalue weighted by molar-refractivity contribution is 7.89. The average molecular weight is 625 g/mol. The number of carbonyl (C=O) groups excluding carboxylic acids is 1. The number of nitrogens with zero attached hydrogens (tertiary/aromatic N) is 2. The van der Waals surface area contributed by atoms with Gasteiger partial charge in [-0.2, -0.15) is 13.2 Å². The van der Waals surface area contributed by atoms with Crippen molar-refractivity contribution in [1.82, 2.24) is 20.0 Å².